The number of allylic oxidation sites excluding steroid dienone is 2. The van der Waals surface area contributed by atoms with E-state index in [0.29, 0.717) is 4.47 Å². The summed E-state index contributed by atoms with van der Waals surface area (Å²) in [5.41, 5.74) is 0.188. The number of ether oxygens (including phenoxy) is 3. The van der Waals surface area contributed by atoms with Crippen LogP contribution in [0.15, 0.2) is 50.7 Å². The molecule has 0 radical (unpaired) electrons. The maximum atomic E-state index is 12.5. The Morgan fingerprint density at radius 2 is 1.57 bits per heavy atom. The summed E-state index contributed by atoms with van der Waals surface area (Å²) in [7, 11) is 3.61. The first-order valence-corrected chi connectivity index (χ1v) is 9.55. The average molecular weight is 536 g/mol. The van der Waals surface area contributed by atoms with Crippen molar-refractivity contribution in [3.05, 3.63) is 61.3 Å². The Labute approximate surface area is 182 Å². The highest BCUT2D eigenvalue weighted by Gasteiger charge is 2.31. The van der Waals surface area contributed by atoms with Crippen LogP contribution < -0.4 is 4.90 Å². The van der Waals surface area contributed by atoms with Crippen molar-refractivity contribution in [2.45, 2.75) is 0 Å². The van der Waals surface area contributed by atoms with Crippen molar-refractivity contribution in [2.75, 3.05) is 26.2 Å². The number of rotatable bonds is 4. The molecule has 148 valence electrons. The third-order valence-electron chi connectivity index (χ3n) is 3.67. The van der Waals surface area contributed by atoms with Gasteiger partial charge in [0, 0.05) is 10.7 Å². The van der Waals surface area contributed by atoms with Gasteiger partial charge in [-0.15, -0.1) is 0 Å². The molecule has 7 nitrogen and oxygen atoms in total. The quantitative estimate of drug-likeness (QED) is 0.423. The van der Waals surface area contributed by atoms with Crippen LogP contribution in [0.3, 0.4) is 0 Å². The first-order valence-electron chi connectivity index (χ1n) is 7.59. The molecule has 1 aromatic carbocycles. The number of hydrogen-bond acceptors (Lipinski definition) is 7. The molecule has 0 N–H and O–H groups in total. The van der Waals surface area contributed by atoms with E-state index >= 15 is 0 Å². The van der Waals surface area contributed by atoms with Crippen molar-refractivity contribution in [3.63, 3.8) is 0 Å². The zero-order valence-electron chi connectivity index (χ0n) is 14.9. The predicted molar refractivity (Wildman–Crippen MR) is 110 cm³/mol. The van der Waals surface area contributed by atoms with Crippen molar-refractivity contribution in [1.29, 1.82) is 0 Å². The molecule has 0 amide bonds. The van der Waals surface area contributed by atoms with E-state index in [1.54, 1.807) is 12.2 Å². The van der Waals surface area contributed by atoms with Gasteiger partial charge in [0.25, 0.3) is 0 Å². The molecular weight excluding hydrogens is 521 g/mol. The van der Waals surface area contributed by atoms with Crippen LogP contribution in [-0.4, -0.2) is 39.2 Å². The van der Waals surface area contributed by atoms with Gasteiger partial charge in [0.2, 0.25) is 0 Å². The molecule has 0 aromatic heterocycles. The van der Waals surface area contributed by atoms with Crippen LogP contribution in [0.1, 0.15) is 10.4 Å². The van der Waals surface area contributed by atoms with Crippen molar-refractivity contribution >= 4 is 67.1 Å². The Bertz CT molecular complexity index is 938. The van der Waals surface area contributed by atoms with Gasteiger partial charge in [-0.3, -0.25) is 0 Å². The third-order valence-corrected chi connectivity index (χ3v) is 5.35. The SMILES string of the molecule is COC(=O)C1=C(C(=O)OC)N(c2c(Cl)cc(Br)c(C(=O)OC)c2Br)C=CC=C1. The largest absolute Gasteiger partial charge is 0.465 e. The molecule has 0 saturated carbocycles. The second-order valence-corrected chi connectivity index (χ2v) is 7.24. The van der Waals surface area contributed by atoms with Crippen LogP contribution in [0.5, 0.6) is 0 Å². The first-order chi connectivity index (χ1) is 13.3. The van der Waals surface area contributed by atoms with Crippen LogP contribution in [0, 0.1) is 0 Å². The fourth-order valence-corrected chi connectivity index (χ4v) is 4.60. The zero-order chi connectivity index (χ0) is 21.0. The fourth-order valence-electron chi connectivity index (χ4n) is 2.43. The van der Waals surface area contributed by atoms with Gasteiger partial charge in [-0.25, -0.2) is 14.4 Å². The lowest BCUT2D eigenvalue weighted by Gasteiger charge is -2.26. The molecule has 0 fully saturated rings. The van der Waals surface area contributed by atoms with E-state index in [-0.39, 0.29) is 32.0 Å². The van der Waals surface area contributed by atoms with E-state index < -0.39 is 17.9 Å². The number of anilines is 1. The molecule has 0 atom stereocenters. The standard InChI is InChI=1S/C18H14Br2ClNO6/c1-26-16(23)9-6-4-5-7-22(14(9)18(25)28-3)15-11(21)8-10(19)12(13(15)20)17(24)27-2/h4-8H,1-3H3. The lowest BCUT2D eigenvalue weighted by Crippen LogP contribution is -2.27. The minimum Gasteiger partial charge on any atom is -0.465 e. The van der Waals surface area contributed by atoms with Gasteiger partial charge in [-0.2, -0.15) is 0 Å². The van der Waals surface area contributed by atoms with Crippen LogP contribution >= 0.6 is 43.5 Å². The van der Waals surface area contributed by atoms with Gasteiger partial charge in [0.05, 0.1) is 47.6 Å². The van der Waals surface area contributed by atoms with Gasteiger partial charge < -0.3 is 19.1 Å². The van der Waals surface area contributed by atoms with E-state index in [9.17, 15) is 14.4 Å². The summed E-state index contributed by atoms with van der Waals surface area (Å²) in [6, 6.07) is 1.48. The van der Waals surface area contributed by atoms with Crippen LogP contribution in [0.4, 0.5) is 5.69 Å². The van der Waals surface area contributed by atoms with Crippen molar-refractivity contribution < 1.29 is 28.6 Å². The van der Waals surface area contributed by atoms with Gasteiger partial charge in [-0.1, -0.05) is 17.7 Å². The lowest BCUT2D eigenvalue weighted by molar-refractivity contribution is -0.139. The highest BCUT2D eigenvalue weighted by atomic mass is 79.9. The summed E-state index contributed by atoms with van der Waals surface area (Å²) in [6.45, 7) is 0. The summed E-state index contributed by atoms with van der Waals surface area (Å²) in [5, 5.41) is 0.184. The second kappa shape index (κ2) is 9.40. The maximum Gasteiger partial charge on any atom is 0.355 e. The Hall–Kier alpha value is -2.10. The molecule has 2 rings (SSSR count). The summed E-state index contributed by atoms with van der Waals surface area (Å²) < 4.78 is 15.1. The number of benzene rings is 1. The van der Waals surface area contributed by atoms with Crippen molar-refractivity contribution in [1.82, 2.24) is 0 Å². The minimum atomic E-state index is -0.804. The van der Waals surface area contributed by atoms with Crippen molar-refractivity contribution in [2.24, 2.45) is 0 Å². The minimum absolute atomic E-state index is 0.0511. The zero-order valence-corrected chi connectivity index (χ0v) is 18.8. The van der Waals surface area contributed by atoms with E-state index in [1.807, 2.05) is 0 Å². The van der Waals surface area contributed by atoms with Crippen LogP contribution in [0.2, 0.25) is 5.02 Å². The number of carbonyl (C=O) groups is 3. The number of carbonyl (C=O) groups excluding carboxylic acids is 3. The van der Waals surface area contributed by atoms with E-state index in [1.165, 1.54) is 44.6 Å². The number of halogens is 3. The van der Waals surface area contributed by atoms with E-state index in [4.69, 9.17) is 25.8 Å². The van der Waals surface area contributed by atoms with Crippen molar-refractivity contribution in [3.8, 4) is 0 Å². The second-order valence-electron chi connectivity index (χ2n) is 5.19. The fraction of sp³-hybridized carbons (Fsp3) is 0.167. The van der Waals surface area contributed by atoms with Gasteiger partial charge in [0.15, 0.2) is 0 Å². The highest BCUT2D eigenvalue weighted by molar-refractivity contribution is 9.11. The van der Waals surface area contributed by atoms with Gasteiger partial charge in [-0.05, 0) is 50.1 Å². The summed E-state index contributed by atoms with van der Waals surface area (Å²) in [6.07, 6.45) is 6.05. The molecule has 28 heavy (non-hydrogen) atoms. The molecule has 1 heterocycles. The summed E-state index contributed by atoms with van der Waals surface area (Å²) >= 11 is 13.0. The molecule has 0 aliphatic carbocycles. The van der Waals surface area contributed by atoms with Crippen LogP contribution in [0.25, 0.3) is 0 Å². The Kier molecular flexibility index (Phi) is 7.45. The molecule has 1 aromatic rings. The Balaban J connectivity index is 2.86. The summed E-state index contributed by atoms with van der Waals surface area (Å²) in [5.74, 6) is -2.18. The maximum absolute atomic E-state index is 12.5. The normalized spacial score (nSPS) is 13.3. The van der Waals surface area contributed by atoms with Crippen LogP contribution in [-0.2, 0) is 23.8 Å². The van der Waals surface area contributed by atoms with E-state index in [2.05, 4.69) is 31.9 Å². The lowest BCUT2D eigenvalue weighted by atomic mass is 10.1. The first kappa shape index (κ1) is 22.2. The van der Waals surface area contributed by atoms with E-state index in [0.717, 1.165) is 0 Å². The topological polar surface area (TPSA) is 82.1 Å². The third kappa shape index (κ3) is 4.16. The van der Waals surface area contributed by atoms with Gasteiger partial charge >= 0.3 is 17.9 Å². The number of hydrogen-bond donors (Lipinski definition) is 0. The number of methoxy groups -OCH3 is 3. The number of nitrogens with zero attached hydrogens (tertiary/aromatic N) is 1. The molecule has 1 aliphatic rings. The molecule has 0 saturated heterocycles. The molecule has 1 aliphatic heterocycles. The smallest absolute Gasteiger partial charge is 0.355 e. The molecule has 10 heteroatoms. The highest BCUT2D eigenvalue weighted by Crippen LogP contribution is 2.43. The van der Waals surface area contributed by atoms with Gasteiger partial charge in [0.1, 0.15) is 5.70 Å². The monoisotopic (exact) mass is 533 g/mol. The molecule has 0 spiro atoms. The Morgan fingerprint density at radius 1 is 0.964 bits per heavy atom. The number of esters is 3. The molecule has 0 bridgehead atoms. The Morgan fingerprint density at radius 3 is 2.14 bits per heavy atom. The average Bonchev–Trinajstić information content (AvgIpc) is 2.89. The predicted octanol–water partition coefficient (Wildman–Crippen LogP) is 4.14. The summed E-state index contributed by atoms with van der Waals surface area (Å²) in [4.78, 5) is 38.3. The molecule has 0 unspecified atom stereocenters. The molecular formula is C18H14Br2ClNO6.